The van der Waals surface area contributed by atoms with Crippen LogP contribution in [-0.2, 0) is 0 Å². The lowest BCUT2D eigenvalue weighted by molar-refractivity contribution is 0.653. The van der Waals surface area contributed by atoms with Crippen LogP contribution in [0.4, 0.5) is 11.5 Å². The highest BCUT2D eigenvalue weighted by molar-refractivity contribution is 5.61. The fraction of sp³-hybridized carbons (Fsp3) is 0.500. The molecule has 0 saturated carbocycles. The van der Waals surface area contributed by atoms with Gasteiger partial charge in [0, 0.05) is 19.3 Å². The van der Waals surface area contributed by atoms with Crippen LogP contribution in [0.3, 0.4) is 0 Å². The first-order valence-corrected chi connectivity index (χ1v) is 5.09. The van der Waals surface area contributed by atoms with Crippen molar-refractivity contribution in [2.75, 3.05) is 23.8 Å². The molecular formula is C10H16N4. The van der Waals surface area contributed by atoms with E-state index in [1.807, 2.05) is 12.1 Å². The van der Waals surface area contributed by atoms with Gasteiger partial charge in [0.2, 0.25) is 0 Å². The lowest BCUT2D eigenvalue weighted by Gasteiger charge is -2.23. The van der Waals surface area contributed by atoms with Gasteiger partial charge in [-0.2, -0.15) is 0 Å². The van der Waals surface area contributed by atoms with E-state index in [-0.39, 0.29) is 0 Å². The summed E-state index contributed by atoms with van der Waals surface area (Å²) in [6.07, 6.45) is 5.47. The largest absolute Gasteiger partial charge is 0.396 e. The molecule has 1 aliphatic heterocycles. The van der Waals surface area contributed by atoms with Crippen molar-refractivity contribution < 1.29 is 0 Å². The third-order valence-corrected chi connectivity index (χ3v) is 2.43. The Morgan fingerprint density at radius 2 is 2.29 bits per heavy atom. The molecule has 0 radical (unpaired) electrons. The summed E-state index contributed by atoms with van der Waals surface area (Å²) in [6, 6.07) is 3.74. The highest BCUT2D eigenvalue weighted by atomic mass is 15.5. The van der Waals surface area contributed by atoms with Gasteiger partial charge in [0.05, 0.1) is 5.69 Å². The van der Waals surface area contributed by atoms with Gasteiger partial charge < -0.3 is 5.73 Å². The first kappa shape index (κ1) is 9.27. The van der Waals surface area contributed by atoms with Crippen molar-refractivity contribution in [1.82, 2.24) is 10.4 Å². The normalized spacial score (nSPS) is 17.9. The first-order valence-electron chi connectivity index (χ1n) is 5.09. The number of nitrogens with one attached hydrogen (secondary N) is 1. The van der Waals surface area contributed by atoms with E-state index >= 15 is 0 Å². The van der Waals surface area contributed by atoms with E-state index in [4.69, 9.17) is 5.73 Å². The van der Waals surface area contributed by atoms with Crippen LogP contribution >= 0.6 is 0 Å². The van der Waals surface area contributed by atoms with Crippen molar-refractivity contribution in [1.29, 1.82) is 0 Å². The van der Waals surface area contributed by atoms with Crippen LogP contribution in [0.15, 0.2) is 18.3 Å². The molecule has 76 valence electrons. The molecule has 0 bridgehead atoms. The van der Waals surface area contributed by atoms with Crippen LogP contribution in [0.2, 0.25) is 0 Å². The van der Waals surface area contributed by atoms with Gasteiger partial charge >= 0.3 is 0 Å². The van der Waals surface area contributed by atoms with Crippen LogP contribution in [0.25, 0.3) is 0 Å². The van der Waals surface area contributed by atoms with E-state index in [1.165, 1.54) is 19.3 Å². The molecule has 0 spiro atoms. The Morgan fingerprint density at radius 3 is 3.14 bits per heavy atom. The summed E-state index contributed by atoms with van der Waals surface area (Å²) in [5.74, 6) is 0.856. The van der Waals surface area contributed by atoms with Crippen LogP contribution < -0.4 is 16.2 Å². The van der Waals surface area contributed by atoms with Gasteiger partial charge in [-0.3, -0.25) is 5.01 Å². The Labute approximate surface area is 84.1 Å². The van der Waals surface area contributed by atoms with Gasteiger partial charge in [0.15, 0.2) is 5.82 Å². The summed E-state index contributed by atoms with van der Waals surface area (Å²) in [7, 11) is 0. The second kappa shape index (κ2) is 4.28. The fourth-order valence-electron chi connectivity index (χ4n) is 1.68. The summed E-state index contributed by atoms with van der Waals surface area (Å²) in [6.45, 7) is 2.00. The maximum atomic E-state index is 5.86. The molecule has 1 aliphatic rings. The number of nitrogen functional groups attached to an aromatic ring is 1. The van der Waals surface area contributed by atoms with Gasteiger partial charge in [-0.25, -0.2) is 10.4 Å². The second-order valence-electron chi connectivity index (χ2n) is 3.54. The highest BCUT2D eigenvalue weighted by Gasteiger charge is 2.12. The van der Waals surface area contributed by atoms with E-state index in [0.29, 0.717) is 0 Å². The molecule has 1 fully saturated rings. The number of aromatic nitrogens is 1. The zero-order valence-corrected chi connectivity index (χ0v) is 8.24. The van der Waals surface area contributed by atoms with Crippen molar-refractivity contribution in [2.45, 2.75) is 19.3 Å². The summed E-state index contributed by atoms with van der Waals surface area (Å²) in [5.41, 5.74) is 9.93. The molecule has 14 heavy (non-hydrogen) atoms. The summed E-state index contributed by atoms with van der Waals surface area (Å²) >= 11 is 0. The number of rotatable bonds is 1. The van der Waals surface area contributed by atoms with Crippen molar-refractivity contribution in [2.24, 2.45) is 0 Å². The van der Waals surface area contributed by atoms with Crippen molar-refractivity contribution in [3.05, 3.63) is 18.3 Å². The molecular weight excluding hydrogens is 176 g/mol. The SMILES string of the molecule is Nc1cccnc1N1CCCCCN1. The molecule has 2 rings (SSSR count). The summed E-state index contributed by atoms with van der Waals surface area (Å²) in [4.78, 5) is 4.28. The van der Waals surface area contributed by atoms with E-state index in [9.17, 15) is 0 Å². The molecule has 1 saturated heterocycles. The lowest BCUT2D eigenvalue weighted by Crippen LogP contribution is -2.38. The molecule has 4 heteroatoms. The topological polar surface area (TPSA) is 54.2 Å². The first-order chi connectivity index (χ1) is 6.88. The highest BCUT2D eigenvalue weighted by Crippen LogP contribution is 2.19. The van der Waals surface area contributed by atoms with Gasteiger partial charge in [-0.15, -0.1) is 0 Å². The van der Waals surface area contributed by atoms with Crippen LogP contribution in [0.5, 0.6) is 0 Å². The standard InChI is InChI=1S/C10H16N4/c11-9-5-4-6-12-10(9)14-8-3-1-2-7-13-14/h4-6,13H,1-3,7-8,11H2. The minimum absolute atomic E-state index is 0.738. The van der Waals surface area contributed by atoms with E-state index in [2.05, 4.69) is 15.4 Å². The maximum Gasteiger partial charge on any atom is 0.166 e. The number of pyridine rings is 1. The Kier molecular flexibility index (Phi) is 2.84. The zero-order chi connectivity index (χ0) is 9.80. The zero-order valence-electron chi connectivity index (χ0n) is 8.24. The third kappa shape index (κ3) is 1.96. The van der Waals surface area contributed by atoms with Crippen molar-refractivity contribution >= 4 is 11.5 Å². The van der Waals surface area contributed by atoms with Gasteiger partial charge in [-0.05, 0) is 25.0 Å². The third-order valence-electron chi connectivity index (χ3n) is 2.43. The van der Waals surface area contributed by atoms with Crippen molar-refractivity contribution in [3.8, 4) is 0 Å². The molecule has 0 amide bonds. The van der Waals surface area contributed by atoms with E-state index < -0.39 is 0 Å². The second-order valence-corrected chi connectivity index (χ2v) is 3.54. The number of hydrazine groups is 1. The van der Waals surface area contributed by atoms with Crippen molar-refractivity contribution in [3.63, 3.8) is 0 Å². The maximum absolute atomic E-state index is 5.86. The minimum atomic E-state index is 0.738. The lowest BCUT2D eigenvalue weighted by atomic mass is 10.2. The molecule has 3 N–H and O–H groups in total. The Hall–Kier alpha value is -1.29. The van der Waals surface area contributed by atoms with Crippen LogP contribution in [0.1, 0.15) is 19.3 Å². The molecule has 2 heterocycles. The predicted octanol–water partition coefficient (Wildman–Crippen LogP) is 1.16. The minimum Gasteiger partial charge on any atom is -0.396 e. The van der Waals surface area contributed by atoms with Crippen LogP contribution in [0, 0.1) is 0 Å². The van der Waals surface area contributed by atoms with Gasteiger partial charge in [0.1, 0.15) is 0 Å². The fourth-order valence-corrected chi connectivity index (χ4v) is 1.68. The molecule has 1 aromatic rings. The Balaban J connectivity index is 2.16. The Morgan fingerprint density at radius 1 is 1.36 bits per heavy atom. The van der Waals surface area contributed by atoms with E-state index in [1.54, 1.807) is 6.20 Å². The molecule has 4 nitrogen and oxygen atoms in total. The van der Waals surface area contributed by atoms with Gasteiger partial charge in [0.25, 0.3) is 0 Å². The molecule has 0 aromatic carbocycles. The number of anilines is 2. The monoisotopic (exact) mass is 192 g/mol. The molecule has 0 atom stereocenters. The smallest absolute Gasteiger partial charge is 0.166 e. The number of nitrogens with zero attached hydrogens (tertiary/aromatic N) is 2. The summed E-state index contributed by atoms with van der Waals surface area (Å²) in [5, 5.41) is 2.06. The molecule has 0 unspecified atom stereocenters. The average Bonchev–Trinajstić information content (AvgIpc) is 2.47. The number of hydrogen-bond acceptors (Lipinski definition) is 4. The summed E-state index contributed by atoms with van der Waals surface area (Å²) < 4.78 is 0. The van der Waals surface area contributed by atoms with E-state index in [0.717, 1.165) is 24.6 Å². The average molecular weight is 192 g/mol. The number of nitrogens with two attached hydrogens (primary N) is 1. The van der Waals surface area contributed by atoms with Crippen LogP contribution in [-0.4, -0.2) is 18.1 Å². The quantitative estimate of drug-likeness (QED) is 0.701. The predicted molar refractivity (Wildman–Crippen MR) is 57.8 cm³/mol. The molecule has 1 aromatic heterocycles. The Bertz CT molecular complexity index is 292. The number of hydrogen-bond donors (Lipinski definition) is 2. The van der Waals surface area contributed by atoms with Gasteiger partial charge in [-0.1, -0.05) is 6.42 Å². The molecule has 0 aliphatic carbocycles.